The van der Waals surface area contributed by atoms with Gasteiger partial charge in [-0.1, -0.05) is 18.2 Å². The molecule has 4 rings (SSSR count). The van der Waals surface area contributed by atoms with Crippen molar-refractivity contribution in [2.75, 3.05) is 18.5 Å². The van der Waals surface area contributed by atoms with Crippen LogP contribution in [-0.4, -0.2) is 29.3 Å². The van der Waals surface area contributed by atoms with Crippen molar-refractivity contribution in [3.05, 3.63) is 59.9 Å². The maximum atomic E-state index is 5.88. The lowest BCUT2D eigenvalue weighted by Crippen LogP contribution is -2.16. The first-order valence-electron chi connectivity index (χ1n) is 8.57. The van der Waals surface area contributed by atoms with Gasteiger partial charge in [-0.25, -0.2) is 4.98 Å². The summed E-state index contributed by atoms with van der Waals surface area (Å²) in [6, 6.07) is 14.2. The van der Waals surface area contributed by atoms with Crippen molar-refractivity contribution in [2.45, 2.75) is 26.0 Å². The molecule has 0 amide bonds. The molecule has 128 valence electrons. The fraction of sp³-hybridized carbons (Fsp3) is 0.300. The molecule has 3 aromatic rings. The van der Waals surface area contributed by atoms with E-state index < -0.39 is 0 Å². The van der Waals surface area contributed by atoms with E-state index in [4.69, 9.17) is 9.47 Å². The van der Waals surface area contributed by atoms with Crippen LogP contribution < -0.4 is 10.1 Å². The molecule has 2 aromatic heterocycles. The van der Waals surface area contributed by atoms with Gasteiger partial charge < -0.3 is 14.8 Å². The number of nitrogens with one attached hydrogen (secondary N) is 1. The van der Waals surface area contributed by atoms with Gasteiger partial charge in [0.25, 0.3) is 0 Å². The molecular weight excluding hydrogens is 314 g/mol. The Morgan fingerprint density at radius 3 is 3.04 bits per heavy atom. The summed E-state index contributed by atoms with van der Waals surface area (Å²) in [5.41, 5.74) is 4.22. The molecule has 5 nitrogen and oxygen atoms in total. The molecule has 0 saturated carbocycles. The predicted molar refractivity (Wildman–Crippen MR) is 97.9 cm³/mol. The van der Waals surface area contributed by atoms with E-state index in [9.17, 15) is 0 Å². The minimum Gasteiger partial charge on any atom is -0.472 e. The summed E-state index contributed by atoms with van der Waals surface area (Å²) < 4.78 is 11.2. The normalized spacial score (nSPS) is 16.9. The van der Waals surface area contributed by atoms with Gasteiger partial charge >= 0.3 is 0 Å². The number of nitrogens with zero attached hydrogens (tertiary/aromatic N) is 2. The minimum absolute atomic E-state index is 0.113. The molecule has 1 atom stereocenters. The third-order valence-corrected chi connectivity index (χ3v) is 4.30. The monoisotopic (exact) mass is 335 g/mol. The first-order chi connectivity index (χ1) is 12.3. The zero-order valence-corrected chi connectivity index (χ0v) is 14.2. The summed E-state index contributed by atoms with van der Waals surface area (Å²) in [5.74, 6) is 0.658. The van der Waals surface area contributed by atoms with Gasteiger partial charge in [0.1, 0.15) is 6.10 Å². The van der Waals surface area contributed by atoms with E-state index in [2.05, 4.69) is 27.4 Å². The van der Waals surface area contributed by atoms with Crippen LogP contribution in [0.2, 0.25) is 0 Å². The molecule has 1 aromatic carbocycles. The highest BCUT2D eigenvalue weighted by Crippen LogP contribution is 2.24. The highest BCUT2D eigenvalue weighted by molar-refractivity contribution is 5.91. The minimum atomic E-state index is 0.113. The second-order valence-electron chi connectivity index (χ2n) is 6.29. The van der Waals surface area contributed by atoms with Crippen LogP contribution in [0.15, 0.2) is 48.7 Å². The number of benzene rings is 1. The summed E-state index contributed by atoms with van der Waals surface area (Å²) in [5, 5.41) is 4.64. The van der Waals surface area contributed by atoms with Crippen LogP contribution in [0.25, 0.3) is 10.9 Å². The smallest absolute Gasteiger partial charge is 0.213 e. The standard InChI is InChI=1S/C20H21N3O2/c1-14-10-19(17-4-2-3-5-18(17)23-14)22-12-15-6-8-21-20(11-15)25-16-7-9-24-13-16/h2-6,8,10-11,16H,7,9,12-13H2,1H3,(H,22,23). The number of aryl methyl sites for hydroxylation is 1. The quantitative estimate of drug-likeness (QED) is 0.770. The lowest BCUT2D eigenvalue weighted by molar-refractivity contribution is 0.138. The molecule has 1 unspecified atom stereocenters. The van der Waals surface area contributed by atoms with Crippen LogP contribution in [-0.2, 0) is 11.3 Å². The number of para-hydroxylation sites is 1. The zero-order valence-electron chi connectivity index (χ0n) is 14.2. The van der Waals surface area contributed by atoms with Crippen LogP contribution in [0.3, 0.4) is 0 Å². The number of ether oxygens (including phenoxy) is 2. The Morgan fingerprint density at radius 1 is 1.24 bits per heavy atom. The van der Waals surface area contributed by atoms with Gasteiger partial charge in [-0.3, -0.25) is 4.98 Å². The van der Waals surface area contributed by atoms with E-state index in [1.54, 1.807) is 6.20 Å². The number of hydrogen-bond acceptors (Lipinski definition) is 5. The zero-order chi connectivity index (χ0) is 17.1. The molecule has 5 heteroatoms. The van der Waals surface area contributed by atoms with E-state index in [1.165, 1.54) is 0 Å². The molecule has 3 heterocycles. The van der Waals surface area contributed by atoms with E-state index in [0.717, 1.165) is 40.9 Å². The lowest BCUT2D eigenvalue weighted by atomic mass is 10.1. The first kappa shape index (κ1) is 15.8. The summed E-state index contributed by atoms with van der Waals surface area (Å²) in [6.45, 7) is 4.12. The average molecular weight is 335 g/mol. The number of rotatable bonds is 5. The van der Waals surface area contributed by atoms with Crippen molar-refractivity contribution in [3.63, 3.8) is 0 Å². The summed E-state index contributed by atoms with van der Waals surface area (Å²) >= 11 is 0. The van der Waals surface area contributed by atoms with Gasteiger partial charge in [0.2, 0.25) is 5.88 Å². The molecular formula is C20H21N3O2. The molecule has 0 radical (unpaired) electrons. The van der Waals surface area contributed by atoms with Crippen molar-refractivity contribution in [1.29, 1.82) is 0 Å². The van der Waals surface area contributed by atoms with Crippen molar-refractivity contribution in [1.82, 2.24) is 9.97 Å². The second kappa shape index (κ2) is 7.07. The summed E-state index contributed by atoms with van der Waals surface area (Å²) in [6.07, 6.45) is 2.83. The van der Waals surface area contributed by atoms with Gasteiger partial charge in [0.05, 0.1) is 18.7 Å². The van der Waals surface area contributed by atoms with Crippen molar-refractivity contribution in [2.24, 2.45) is 0 Å². The highest BCUT2D eigenvalue weighted by Gasteiger charge is 2.17. The van der Waals surface area contributed by atoms with E-state index in [0.29, 0.717) is 19.0 Å². The van der Waals surface area contributed by atoms with Crippen molar-refractivity contribution in [3.8, 4) is 5.88 Å². The summed E-state index contributed by atoms with van der Waals surface area (Å²) in [7, 11) is 0. The van der Waals surface area contributed by atoms with E-state index in [1.807, 2.05) is 37.3 Å². The molecule has 0 aliphatic carbocycles. The molecule has 25 heavy (non-hydrogen) atoms. The van der Waals surface area contributed by atoms with Gasteiger partial charge in [-0.2, -0.15) is 0 Å². The molecule has 1 N–H and O–H groups in total. The summed E-state index contributed by atoms with van der Waals surface area (Å²) in [4.78, 5) is 8.89. The SMILES string of the molecule is Cc1cc(NCc2ccnc(OC3CCOC3)c2)c2ccccc2n1. The third-order valence-electron chi connectivity index (χ3n) is 4.30. The average Bonchev–Trinajstić information content (AvgIpc) is 3.13. The Balaban J connectivity index is 1.50. The Labute approximate surface area is 147 Å². The highest BCUT2D eigenvalue weighted by atomic mass is 16.5. The maximum Gasteiger partial charge on any atom is 0.213 e. The lowest BCUT2D eigenvalue weighted by Gasteiger charge is -2.13. The molecule has 1 fully saturated rings. The second-order valence-corrected chi connectivity index (χ2v) is 6.29. The Bertz CT molecular complexity index is 876. The molecule has 1 saturated heterocycles. The van der Waals surface area contributed by atoms with Crippen LogP contribution in [0.1, 0.15) is 17.7 Å². The van der Waals surface area contributed by atoms with Gasteiger partial charge in [-0.15, -0.1) is 0 Å². The number of hydrogen-bond donors (Lipinski definition) is 1. The van der Waals surface area contributed by atoms with E-state index >= 15 is 0 Å². The van der Waals surface area contributed by atoms with Gasteiger partial charge in [0.15, 0.2) is 0 Å². The molecule has 1 aliphatic rings. The Hall–Kier alpha value is -2.66. The Kier molecular flexibility index (Phi) is 4.48. The number of aromatic nitrogens is 2. The van der Waals surface area contributed by atoms with Gasteiger partial charge in [0, 0.05) is 42.0 Å². The number of pyridine rings is 2. The molecule has 0 spiro atoms. The predicted octanol–water partition coefficient (Wildman–Crippen LogP) is 3.72. The van der Waals surface area contributed by atoms with Crippen LogP contribution in [0.5, 0.6) is 5.88 Å². The van der Waals surface area contributed by atoms with Crippen LogP contribution in [0, 0.1) is 6.92 Å². The molecule has 1 aliphatic heterocycles. The van der Waals surface area contributed by atoms with Crippen molar-refractivity contribution >= 4 is 16.6 Å². The number of fused-ring (bicyclic) bond motifs is 1. The first-order valence-corrected chi connectivity index (χ1v) is 8.57. The fourth-order valence-corrected chi connectivity index (χ4v) is 3.05. The van der Waals surface area contributed by atoms with Crippen LogP contribution >= 0.6 is 0 Å². The largest absolute Gasteiger partial charge is 0.472 e. The Morgan fingerprint density at radius 2 is 2.16 bits per heavy atom. The van der Waals surface area contributed by atoms with Crippen molar-refractivity contribution < 1.29 is 9.47 Å². The fourth-order valence-electron chi connectivity index (χ4n) is 3.05. The van der Waals surface area contributed by atoms with Gasteiger partial charge in [-0.05, 0) is 30.7 Å². The maximum absolute atomic E-state index is 5.88. The topological polar surface area (TPSA) is 56.3 Å². The molecule has 0 bridgehead atoms. The van der Waals surface area contributed by atoms with E-state index in [-0.39, 0.29) is 6.10 Å². The number of anilines is 1. The van der Waals surface area contributed by atoms with Crippen LogP contribution in [0.4, 0.5) is 5.69 Å². The third kappa shape index (κ3) is 3.72.